The van der Waals surface area contributed by atoms with Crippen LogP contribution in [0.3, 0.4) is 0 Å². The van der Waals surface area contributed by atoms with Crippen molar-refractivity contribution in [2.24, 2.45) is 0 Å². The lowest BCUT2D eigenvalue weighted by Gasteiger charge is -2.36. The molecule has 9 aromatic rings. The van der Waals surface area contributed by atoms with Crippen molar-refractivity contribution in [2.45, 2.75) is 13.8 Å². The SMILES string of the molecule is Cc1ccc2c(c1)B1c3cc(C)ccc3Oc3c(-n4c5ccccc5c5ccccc54)cc(-n4c5ccccc5c5ccccc54)c(c31)O2. The molecule has 0 N–H and O–H groups in total. The standard InChI is InChI=1S/C44H29BN2O2/c1-26-19-21-40-32(23-26)45-33-24-27(2)20-22-41(33)49-44-39(47-36-17-9-5-13-30(36)31-14-6-10-18-37(31)47)25-38(43(48-40)42(44)45)46-34-15-7-3-11-28(34)29-12-4-8-16-35(29)46/h3-25H,1-2H3. The summed E-state index contributed by atoms with van der Waals surface area (Å²) in [6.07, 6.45) is 0. The molecule has 0 unspecified atom stereocenters. The molecule has 2 aliphatic rings. The summed E-state index contributed by atoms with van der Waals surface area (Å²) in [6.45, 7) is 4.24. The summed E-state index contributed by atoms with van der Waals surface area (Å²) in [7, 11) is 0. The predicted octanol–water partition coefficient (Wildman–Crippen LogP) is 9.23. The van der Waals surface area contributed by atoms with Gasteiger partial charge < -0.3 is 18.6 Å². The minimum Gasteiger partial charge on any atom is -0.456 e. The minimum absolute atomic E-state index is 0.0721. The lowest BCUT2D eigenvalue weighted by atomic mass is 9.34. The quantitative estimate of drug-likeness (QED) is 0.179. The predicted molar refractivity (Wildman–Crippen MR) is 202 cm³/mol. The van der Waals surface area contributed by atoms with Crippen molar-refractivity contribution in [1.82, 2.24) is 9.13 Å². The monoisotopic (exact) mass is 628 g/mol. The second-order valence-electron chi connectivity index (χ2n) is 13.4. The van der Waals surface area contributed by atoms with Crippen LogP contribution in [0.15, 0.2) is 140 Å². The highest BCUT2D eigenvalue weighted by atomic mass is 16.5. The molecule has 0 saturated carbocycles. The van der Waals surface area contributed by atoms with Crippen molar-refractivity contribution in [3.8, 4) is 34.4 Å². The molecule has 2 aromatic heterocycles. The molecule has 0 amide bonds. The molecule has 0 atom stereocenters. The first kappa shape index (κ1) is 26.8. The number of rotatable bonds is 2. The summed E-state index contributed by atoms with van der Waals surface area (Å²) in [5, 5.41) is 4.84. The van der Waals surface area contributed by atoms with Gasteiger partial charge >= 0.3 is 0 Å². The zero-order valence-corrected chi connectivity index (χ0v) is 27.1. The summed E-state index contributed by atoms with van der Waals surface area (Å²) < 4.78 is 19.0. The topological polar surface area (TPSA) is 28.3 Å². The molecule has 0 aliphatic carbocycles. The van der Waals surface area contributed by atoms with Crippen LogP contribution >= 0.6 is 0 Å². The molecule has 4 nitrogen and oxygen atoms in total. The third-order valence-electron chi connectivity index (χ3n) is 10.5. The van der Waals surface area contributed by atoms with Crippen LogP contribution in [0.25, 0.3) is 55.0 Å². The Morgan fingerprint density at radius 1 is 0.429 bits per heavy atom. The van der Waals surface area contributed by atoms with E-state index in [0.29, 0.717) is 0 Å². The summed E-state index contributed by atoms with van der Waals surface area (Å²) in [5.41, 5.74) is 12.3. The van der Waals surface area contributed by atoms with Crippen LogP contribution in [0.4, 0.5) is 0 Å². The van der Waals surface area contributed by atoms with Crippen LogP contribution in [0.5, 0.6) is 23.0 Å². The van der Waals surface area contributed by atoms with E-state index in [1.54, 1.807) is 0 Å². The fourth-order valence-corrected chi connectivity index (χ4v) is 8.48. The summed E-state index contributed by atoms with van der Waals surface area (Å²) >= 11 is 0. The molecule has 2 aliphatic heterocycles. The lowest BCUT2D eigenvalue weighted by Crippen LogP contribution is -2.58. The molecular weight excluding hydrogens is 599 g/mol. The number of benzene rings is 7. The van der Waals surface area contributed by atoms with Gasteiger partial charge in [0.05, 0.1) is 33.4 Å². The number of fused-ring (bicyclic) bond motifs is 10. The molecule has 0 bridgehead atoms. The highest BCUT2D eigenvalue weighted by Gasteiger charge is 2.43. The maximum absolute atomic E-state index is 7.11. The van der Waals surface area contributed by atoms with E-state index < -0.39 is 0 Å². The molecule has 0 radical (unpaired) electrons. The van der Waals surface area contributed by atoms with E-state index in [1.165, 1.54) is 32.7 Å². The van der Waals surface area contributed by atoms with E-state index in [2.05, 4.69) is 163 Å². The van der Waals surface area contributed by atoms with Crippen LogP contribution in [0.2, 0.25) is 0 Å². The molecule has 5 heteroatoms. The van der Waals surface area contributed by atoms with Crippen LogP contribution in [-0.4, -0.2) is 15.8 Å². The molecule has 0 fully saturated rings. The molecule has 0 saturated heterocycles. The molecule has 0 spiro atoms. The minimum atomic E-state index is -0.0721. The number of hydrogen-bond acceptors (Lipinski definition) is 2. The number of ether oxygens (including phenoxy) is 2. The molecule has 4 heterocycles. The Hall–Kier alpha value is -6.20. The Balaban J connectivity index is 1.36. The van der Waals surface area contributed by atoms with Gasteiger partial charge in [-0.15, -0.1) is 0 Å². The smallest absolute Gasteiger partial charge is 0.260 e. The second kappa shape index (κ2) is 9.68. The number of aromatic nitrogens is 2. The average Bonchev–Trinajstić information content (AvgIpc) is 3.65. The van der Waals surface area contributed by atoms with Gasteiger partial charge in [0.1, 0.15) is 11.5 Å². The van der Waals surface area contributed by atoms with Crippen molar-refractivity contribution >= 4 is 66.7 Å². The Labute approximate surface area is 283 Å². The maximum atomic E-state index is 7.11. The van der Waals surface area contributed by atoms with Crippen LogP contribution < -0.4 is 25.9 Å². The largest absolute Gasteiger partial charge is 0.456 e. The normalized spacial score (nSPS) is 13.0. The fraction of sp³-hybridized carbons (Fsp3) is 0.0455. The van der Waals surface area contributed by atoms with E-state index in [9.17, 15) is 0 Å². The molecule has 11 rings (SSSR count). The number of nitrogens with zero attached hydrogens (tertiary/aromatic N) is 2. The van der Waals surface area contributed by atoms with Gasteiger partial charge in [-0.2, -0.15) is 0 Å². The van der Waals surface area contributed by atoms with E-state index in [4.69, 9.17) is 9.47 Å². The Kier molecular flexibility index (Phi) is 5.30. The first-order chi connectivity index (χ1) is 24.1. The van der Waals surface area contributed by atoms with Gasteiger partial charge in [-0.3, -0.25) is 0 Å². The Bertz CT molecular complexity index is 2580. The summed E-state index contributed by atoms with van der Waals surface area (Å²) in [4.78, 5) is 0. The number of aryl methyl sites for hydroxylation is 2. The van der Waals surface area contributed by atoms with E-state index >= 15 is 0 Å². The zero-order chi connectivity index (χ0) is 32.4. The van der Waals surface area contributed by atoms with Crippen molar-refractivity contribution < 1.29 is 9.47 Å². The van der Waals surface area contributed by atoms with Crippen molar-refractivity contribution in [3.05, 3.63) is 151 Å². The summed E-state index contributed by atoms with van der Waals surface area (Å²) in [6, 6.07) is 50.2. The van der Waals surface area contributed by atoms with Crippen molar-refractivity contribution in [2.75, 3.05) is 0 Å². The lowest BCUT2D eigenvalue weighted by molar-refractivity contribution is 0.462. The third kappa shape index (κ3) is 3.59. The van der Waals surface area contributed by atoms with E-state index in [1.807, 2.05) is 0 Å². The van der Waals surface area contributed by atoms with Crippen molar-refractivity contribution in [1.29, 1.82) is 0 Å². The number of hydrogen-bond donors (Lipinski definition) is 0. The molecule has 7 aromatic carbocycles. The van der Waals surface area contributed by atoms with Gasteiger partial charge in [0.2, 0.25) is 0 Å². The zero-order valence-electron chi connectivity index (χ0n) is 27.1. The maximum Gasteiger partial charge on any atom is 0.260 e. The van der Waals surface area contributed by atoms with E-state index in [0.717, 1.165) is 72.8 Å². The van der Waals surface area contributed by atoms with Crippen LogP contribution in [0.1, 0.15) is 11.1 Å². The average molecular weight is 629 g/mol. The Morgan fingerprint density at radius 2 is 0.796 bits per heavy atom. The third-order valence-corrected chi connectivity index (χ3v) is 10.5. The highest BCUT2D eigenvalue weighted by molar-refractivity contribution is 6.98. The molecule has 49 heavy (non-hydrogen) atoms. The summed E-state index contributed by atoms with van der Waals surface area (Å²) in [5.74, 6) is 3.43. The fourth-order valence-electron chi connectivity index (χ4n) is 8.48. The van der Waals surface area contributed by atoms with Gasteiger partial charge in [-0.25, -0.2) is 0 Å². The highest BCUT2D eigenvalue weighted by Crippen LogP contribution is 2.46. The number of para-hydroxylation sites is 4. The van der Waals surface area contributed by atoms with Gasteiger partial charge in [0.15, 0.2) is 11.5 Å². The van der Waals surface area contributed by atoms with Crippen LogP contribution in [0, 0.1) is 13.8 Å². The van der Waals surface area contributed by atoms with Gasteiger partial charge in [-0.05, 0) is 67.2 Å². The van der Waals surface area contributed by atoms with Gasteiger partial charge in [-0.1, -0.05) is 108 Å². The Morgan fingerprint density at radius 3 is 1.18 bits per heavy atom. The van der Waals surface area contributed by atoms with Crippen LogP contribution in [-0.2, 0) is 0 Å². The van der Waals surface area contributed by atoms with E-state index in [-0.39, 0.29) is 6.71 Å². The van der Waals surface area contributed by atoms with Crippen molar-refractivity contribution in [3.63, 3.8) is 0 Å². The first-order valence-electron chi connectivity index (χ1n) is 16.9. The van der Waals surface area contributed by atoms with Gasteiger partial charge in [0, 0.05) is 27.0 Å². The molecule has 230 valence electrons. The molecular formula is C44H29BN2O2. The van der Waals surface area contributed by atoms with Gasteiger partial charge in [0.25, 0.3) is 6.71 Å². The first-order valence-corrected chi connectivity index (χ1v) is 16.9. The second-order valence-corrected chi connectivity index (χ2v) is 13.4.